The third-order valence-electron chi connectivity index (χ3n) is 5.27. The van der Waals surface area contributed by atoms with Crippen LogP contribution in [0, 0.1) is 0 Å². The highest BCUT2D eigenvalue weighted by molar-refractivity contribution is 5.74. The van der Waals surface area contributed by atoms with Crippen molar-refractivity contribution in [3.63, 3.8) is 0 Å². The Morgan fingerprint density at radius 3 is 2.33 bits per heavy atom. The van der Waals surface area contributed by atoms with Crippen LogP contribution in [0.3, 0.4) is 0 Å². The number of ether oxygens (including phenoxy) is 3. The Kier molecular flexibility index (Phi) is 15.8. The fraction of sp³-hybridized carbons (Fsp3) is 0.680. The van der Waals surface area contributed by atoms with Gasteiger partial charge in [-0.3, -0.25) is 0 Å². The minimum atomic E-state index is -0.966. The fourth-order valence-electron chi connectivity index (χ4n) is 3.40. The minimum absolute atomic E-state index is 0.102. The summed E-state index contributed by atoms with van der Waals surface area (Å²) in [5.41, 5.74) is 0.866. The number of amides is 2. The molecule has 1 atom stereocenters. The summed E-state index contributed by atoms with van der Waals surface area (Å²) in [5.74, 6) is -0.284. The number of carboxylic acids is 1. The summed E-state index contributed by atoms with van der Waals surface area (Å²) in [6.45, 7) is 6.85. The van der Waals surface area contributed by atoms with Crippen molar-refractivity contribution in [3.05, 3.63) is 29.8 Å². The smallest absolute Gasteiger partial charge is 0.333 e. The van der Waals surface area contributed by atoms with Crippen molar-refractivity contribution in [1.29, 1.82) is 0 Å². The number of hydrogen-bond donors (Lipinski definition) is 2. The van der Waals surface area contributed by atoms with Crippen LogP contribution in [0.15, 0.2) is 24.3 Å². The van der Waals surface area contributed by atoms with Gasteiger partial charge in [0.15, 0.2) is 6.10 Å². The van der Waals surface area contributed by atoms with Gasteiger partial charge in [0.25, 0.3) is 0 Å². The van der Waals surface area contributed by atoms with Crippen LogP contribution in [0.5, 0.6) is 5.75 Å². The molecule has 33 heavy (non-hydrogen) atoms. The largest absolute Gasteiger partial charge is 0.492 e. The zero-order valence-corrected chi connectivity index (χ0v) is 20.5. The van der Waals surface area contributed by atoms with Crippen LogP contribution in [0.2, 0.25) is 0 Å². The van der Waals surface area contributed by atoms with E-state index in [0.29, 0.717) is 51.6 Å². The van der Waals surface area contributed by atoms with Gasteiger partial charge >= 0.3 is 12.0 Å². The molecule has 0 saturated heterocycles. The maximum atomic E-state index is 12.5. The van der Waals surface area contributed by atoms with Crippen LogP contribution in [-0.4, -0.2) is 74.7 Å². The molecule has 1 unspecified atom stereocenters. The van der Waals surface area contributed by atoms with Gasteiger partial charge in [0.2, 0.25) is 0 Å². The van der Waals surface area contributed by atoms with Crippen molar-refractivity contribution < 1.29 is 28.9 Å². The van der Waals surface area contributed by atoms with Gasteiger partial charge in [-0.25, -0.2) is 9.59 Å². The van der Waals surface area contributed by atoms with Crippen LogP contribution in [0.1, 0.15) is 57.9 Å². The van der Waals surface area contributed by atoms with Crippen molar-refractivity contribution >= 4 is 12.0 Å². The van der Waals surface area contributed by atoms with E-state index in [1.54, 1.807) is 18.9 Å². The van der Waals surface area contributed by atoms with Gasteiger partial charge in [0.1, 0.15) is 12.4 Å². The Bertz CT molecular complexity index is 653. The summed E-state index contributed by atoms with van der Waals surface area (Å²) in [6, 6.07) is 7.22. The van der Waals surface area contributed by atoms with Gasteiger partial charge in [0.05, 0.1) is 13.2 Å². The highest BCUT2D eigenvalue weighted by atomic mass is 16.5. The first kappa shape index (κ1) is 28.7. The van der Waals surface area contributed by atoms with Crippen LogP contribution in [0.25, 0.3) is 0 Å². The summed E-state index contributed by atoms with van der Waals surface area (Å²) in [4.78, 5) is 25.6. The zero-order chi connectivity index (χ0) is 24.3. The standard InChI is InChI=1S/C25H42N2O6/c1-4-6-7-8-9-10-16-27(25(30)26-15-18-31-3)17-19-33-22-13-11-21(12-14-22)20-23(24(28)29)32-5-2/h11-14,23H,4-10,15-20H2,1-3H3,(H,26,30)(H,28,29). The summed E-state index contributed by atoms with van der Waals surface area (Å²) in [5, 5.41) is 12.1. The molecule has 0 radical (unpaired) electrons. The van der Waals surface area contributed by atoms with Crippen LogP contribution in [-0.2, 0) is 20.7 Å². The second kappa shape index (κ2) is 18.1. The fourth-order valence-corrected chi connectivity index (χ4v) is 3.40. The molecular weight excluding hydrogens is 424 g/mol. The molecule has 8 nitrogen and oxygen atoms in total. The lowest BCUT2D eigenvalue weighted by Crippen LogP contribution is -2.43. The monoisotopic (exact) mass is 466 g/mol. The zero-order valence-electron chi connectivity index (χ0n) is 20.5. The van der Waals surface area contributed by atoms with E-state index in [4.69, 9.17) is 14.2 Å². The van der Waals surface area contributed by atoms with Crippen molar-refractivity contribution in [2.24, 2.45) is 0 Å². The van der Waals surface area contributed by atoms with Crippen LogP contribution < -0.4 is 10.1 Å². The molecule has 1 aromatic rings. The van der Waals surface area contributed by atoms with E-state index in [1.165, 1.54) is 25.7 Å². The first-order valence-electron chi connectivity index (χ1n) is 12.1. The lowest BCUT2D eigenvalue weighted by molar-refractivity contribution is -0.149. The summed E-state index contributed by atoms with van der Waals surface area (Å²) >= 11 is 0. The van der Waals surface area contributed by atoms with E-state index in [-0.39, 0.29) is 6.03 Å². The van der Waals surface area contributed by atoms with Crippen molar-refractivity contribution in [3.8, 4) is 5.75 Å². The SMILES string of the molecule is CCCCCCCCN(CCOc1ccc(CC(OCC)C(=O)O)cc1)C(=O)NCCOC. The quantitative estimate of drug-likeness (QED) is 0.298. The van der Waals surface area contributed by atoms with Gasteiger partial charge in [-0.15, -0.1) is 0 Å². The van der Waals surface area contributed by atoms with E-state index in [9.17, 15) is 14.7 Å². The lowest BCUT2D eigenvalue weighted by atomic mass is 10.1. The predicted molar refractivity (Wildman–Crippen MR) is 129 cm³/mol. The normalized spacial score (nSPS) is 11.7. The Balaban J connectivity index is 2.50. The molecule has 0 fully saturated rings. The average molecular weight is 467 g/mol. The molecule has 0 aromatic heterocycles. The van der Waals surface area contributed by atoms with Gasteiger partial charge in [-0.05, 0) is 31.0 Å². The number of urea groups is 1. The van der Waals surface area contributed by atoms with Crippen molar-refractivity contribution in [2.45, 2.75) is 64.9 Å². The number of carboxylic acid groups (broad SMARTS) is 1. The predicted octanol–water partition coefficient (Wildman–Crippen LogP) is 4.12. The van der Waals surface area contributed by atoms with Gasteiger partial charge in [-0.2, -0.15) is 0 Å². The van der Waals surface area contributed by atoms with Gasteiger partial charge in [-0.1, -0.05) is 51.2 Å². The highest BCUT2D eigenvalue weighted by Gasteiger charge is 2.18. The summed E-state index contributed by atoms with van der Waals surface area (Å²) in [6.07, 6.45) is 6.46. The Hall–Kier alpha value is -2.32. The molecule has 1 rings (SSSR count). The number of carbonyl (C=O) groups excluding carboxylic acids is 1. The number of benzene rings is 1. The number of methoxy groups -OCH3 is 1. The second-order valence-corrected chi connectivity index (χ2v) is 7.96. The number of rotatable bonds is 19. The molecule has 2 N–H and O–H groups in total. The average Bonchev–Trinajstić information content (AvgIpc) is 2.80. The molecule has 0 heterocycles. The number of unbranched alkanes of at least 4 members (excludes halogenated alkanes) is 5. The molecule has 8 heteroatoms. The molecule has 2 amide bonds. The van der Waals surface area contributed by atoms with Crippen molar-refractivity contribution in [1.82, 2.24) is 10.2 Å². The maximum Gasteiger partial charge on any atom is 0.333 e. The van der Waals surface area contributed by atoms with E-state index < -0.39 is 12.1 Å². The molecule has 0 aliphatic heterocycles. The van der Waals surface area contributed by atoms with E-state index >= 15 is 0 Å². The number of hydrogen-bond acceptors (Lipinski definition) is 5. The number of carbonyl (C=O) groups is 2. The molecule has 0 aliphatic rings. The molecule has 0 saturated carbocycles. The third kappa shape index (κ3) is 13.1. The Morgan fingerprint density at radius 1 is 1.00 bits per heavy atom. The Labute approximate surface area is 198 Å². The lowest BCUT2D eigenvalue weighted by Gasteiger charge is -2.23. The Morgan fingerprint density at radius 2 is 1.70 bits per heavy atom. The topological polar surface area (TPSA) is 97.3 Å². The number of nitrogens with zero attached hydrogens (tertiary/aromatic N) is 1. The van der Waals surface area contributed by atoms with E-state index in [0.717, 1.165) is 18.4 Å². The van der Waals surface area contributed by atoms with Crippen LogP contribution in [0.4, 0.5) is 4.79 Å². The number of aliphatic carboxylic acids is 1. The van der Waals surface area contributed by atoms with Gasteiger partial charge < -0.3 is 29.5 Å². The highest BCUT2D eigenvalue weighted by Crippen LogP contribution is 2.15. The first-order valence-corrected chi connectivity index (χ1v) is 12.1. The molecule has 0 bridgehead atoms. The van der Waals surface area contributed by atoms with Gasteiger partial charge in [0, 0.05) is 33.2 Å². The minimum Gasteiger partial charge on any atom is -0.492 e. The second-order valence-electron chi connectivity index (χ2n) is 7.96. The molecule has 188 valence electrons. The summed E-state index contributed by atoms with van der Waals surface area (Å²) < 4.78 is 16.1. The first-order chi connectivity index (χ1) is 16.0. The molecule has 0 spiro atoms. The number of nitrogens with one attached hydrogen (secondary N) is 1. The van der Waals surface area contributed by atoms with E-state index in [2.05, 4.69) is 12.2 Å². The maximum absolute atomic E-state index is 12.5. The molecule has 0 aliphatic carbocycles. The third-order valence-corrected chi connectivity index (χ3v) is 5.27. The molecule has 1 aromatic carbocycles. The summed E-state index contributed by atoms with van der Waals surface area (Å²) in [7, 11) is 1.61. The molecular formula is C25H42N2O6. The van der Waals surface area contributed by atoms with E-state index in [1.807, 2.05) is 24.3 Å². The van der Waals surface area contributed by atoms with Crippen molar-refractivity contribution in [2.75, 3.05) is 46.6 Å². The van der Waals surface area contributed by atoms with Crippen LogP contribution >= 0.6 is 0 Å².